The molecular formula is C25H33N5O3. The van der Waals surface area contributed by atoms with Crippen LogP contribution in [-0.4, -0.2) is 44.4 Å². The van der Waals surface area contributed by atoms with Crippen LogP contribution in [0.5, 0.6) is 0 Å². The molecule has 2 aromatic rings. The highest BCUT2D eigenvalue weighted by Gasteiger charge is 2.53. The molecule has 1 spiro atoms. The van der Waals surface area contributed by atoms with E-state index in [2.05, 4.69) is 36.4 Å². The maximum atomic E-state index is 13.2. The predicted octanol–water partition coefficient (Wildman–Crippen LogP) is 3.94. The fourth-order valence-electron chi connectivity index (χ4n) is 5.06. The second-order valence-corrected chi connectivity index (χ2v) is 10.0. The summed E-state index contributed by atoms with van der Waals surface area (Å²) in [4.78, 5) is 43.9. The van der Waals surface area contributed by atoms with Crippen molar-refractivity contribution < 1.29 is 14.4 Å². The van der Waals surface area contributed by atoms with Gasteiger partial charge in [0, 0.05) is 30.7 Å². The van der Waals surface area contributed by atoms with Gasteiger partial charge in [0.25, 0.3) is 5.91 Å². The average molecular weight is 452 g/mol. The number of imide groups is 1. The fraction of sp³-hybridized carbons (Fsp3) is 0.520. The lowest BCUT2D eigenvalue weighted by Crippen LogP contribution is -2.51. The SMILES string of the molecule is CCC(C)(C)C1CCC2(CC1)NC(=O)N(CC(=O)Nc1cccc(-c3nccn3C)c1)C2=O. The molecule has 1 aliphatic heterocycles. The summed E-state index contributed by atoms with van der Waals surface area (Å²) in [5, 5.41) is 5.72. The number of hydrogen-bond acceptors (Lipinski definition) is 4. The Bertz CT molecular complexity index is 1070. The summed E-state index contributed by atoms with van der Waals surface area (Å²) >= 11 is 0. The molecule has 1 aliphatic carbocycles. The van der Waals surface area contributed by atoms with Crippen molar-refractivity contribution in [3.63, 3.8) is 0 Å². The highest BCUT2D eigenvalue weighted by molar-refractivity contribution is 6.10. The Labute approximate surface area is 194 Å². The molecule has 33 heavy (non-hydrogen) atoms. The molecule has 2 heterocycles. The van der Waals surface area contributed by atoms with Crippen LogP contribution >= 0.6 is 0 Å². The quantitative estimate of drug-likeness (QED) is 0.650. The first kappa shape index (κ1) is 23.0. The van der Waals surface area contributed by atoms with Crippen LogP contribution in [0.1, 0.15) is 52.9 Å². The lowest BCUT2D eigenvalue weighted by Gasteiger charge is -2.42. The van der Waals surface area contributed by atoms with Gasteiger partial charge in [0.05, 0.1) is 0 Å². The number of carbonyl (C=O) groups is 3. The molecule has 8 heteroatoms. The number of hydrogen-bond donors (Lipinski definition) is 2. The number of anilines is 1. The molecule has 0 unspecified atom stereocenters. The van der Waals surface area contributed by atoms with Crippen molar-refractivity contribution in [2.45, 2.75) is 58.4 Å². The maximum absolute atomic E-state index is 13.2. The molecule has 1 aromatic heterocycles. The Morgan fingerprint density at radius 3 is 2.64 bits per heavy atom. The molecule has 2 aliphatic rings. The number of amides is 4. The number of aryl methyl sites for hydroxylation is 1. The number of rotatable bonds is 6. The van der Waals surface area contributed by atoms with E-state index in [1.54, 1.807) is 12.3 Å². The minimum Gasteiger partial charge on any atom is -0.334 e. The largest absolute Gasteiger partial charge is 0.334 e. The summed E-state index contributed by atoms with van der Waals surface area (Å²) < 4.78 is 1.89. The normalized spacial score (nSPS) is 23.2. The molecule has 2 N–H and O–H groups in total. The van der Waals surface area contributed by atoms with Gasteiger partial charge in [-0.05, 0) is 49.1 Å². The van der Waals surface area contributed by atoms with E-state index in [1.807, 2.05) is 36.0 Å². The van der Waals surface area contributed by atoms with Crippen molar-refractivity contribution in [2.75, 3.05) is 11.9 Å². The average Bonchev–Trinajstić information content (AvgIpc) is 3.31. The summed E-state index contributed by atoms with van der Waals surface area (Å²) in [5.41, 5.74) is 0.803. The minimum absolute atomic E-state index is 0.219. The van der Waals surface area contributed by atoms with E-state index in [4.69, 9.17) is 0 Å². The van der Waals surface area contributed by atoms with Crippen molar-refractivity contribution in [3.8, 4) is 11.4 Å². The van der Waals surface area contributed by atoms with E-state index in [-0.39, 0.29) is 17.9 Å². The van der Waals surface area contributed by atoms with E-state index in [0.29, 0.717) is 24.4 Å². The van der Waals surface area contributed by atoms with Gasteiger partial charge in [0.1, 0.15) is 17.9 Å². The van der Waals surface area contributed by atoms with Gasteiger partial charge in [-0.25, -0.2) is 9.78 Å². The number of urea groups is 1. The van der Waals surface area contributed by atoms with Gasteiger partial charge < -0.3 is 15.2 Å². The van der Waals surface area contributed by atoms with Crippen LogP contribution in [0.25, 0.3) is 11.4 Å². The third kappa shape index (κ3) is 4.38. The zero-order valence-corrected chi connectivity index (χ0v) is 19.9. The van der Waals surface area contributed by atoms with Crippen LogP contribution in [-0.2, 0) is 16.6 Å². The van der Waals surface area contributed by atoms with Gasteiger partial charge in [-0.3, -0.25) is 14.5 Å². The van der Waals surface area contributed by atoms with Gasteiger partial charge >= 0.3 is 6.03 Å². The molecule has 0 radical (unpaired) electrons. The first-order valence-corrected chi connectivity index (χ1v) is 11.7. The Balaban J connectivity index is 1.40. The second kappa shape index (κ2) is 8.65. The summed E-state index contributed by atoms with van der Waals surface area (Å²) in [7, 11) is 1.90. The van der Waals surface area contributed by atoms with E-state index < -0.39 is 17.5 Å². The van der Waals surface area contributed by atoms with Gasteiger partial charge in [0.2, 0.25) is 5.91 Å². The molecule has 4 rings (SSSR count). The Hall–Kier alpha value is -3.16. The van der Waals surface area contributed by atoms with E-state index in [0.717, 1.165) is 35.6 Å². The smallest absolute Gasteiger partial charge is 0.325 e. The van der Waals surface area contributed by atoms with Crippen LogP contribution in [0, 0.1) is 11.3 Å². The van der Waals surface area contributed by atoms with Crippen LogP contribution in [0.4, 0.5) is 10.5 Å². The number of nitrogens with one attached hydrogen (secondary N) is 2. The number of aromatic nitrogens is 2. The topological polar surface area (TPSA) is 96.3 Å². The molecule has 176 valence electrons. The Morgan fingerprint density at radius 1 is 1.27 bits per heavy atom. The third-order valence-electron chi connectivity index (χ3n) is 7.63. The molecule has 1 saturated carbocycles. The zero-order chi connectivity index (χ0) is 23.8. The highest BCUT2D eigenvalue weighted by atomic mass is 16.2. The van der Waals surface area contributed by atoms with Gasteiger partial charge in [-0.2, -0.15) is 0 Å². The van der Waals surface area contributed by atoms with Crippen molar-refractivity contribution in [1.29, 1.82) is 0 Å². The van der Waals surface area contributed by atoms with Crippen LogP contribution in [0.3, 0.4) is 0 Å². The fourth-order valence-corrected chi connectivity index (χ4v) is 5.06. The lowest BCUT2D eigenvalue weighted by molar-refractivity contribution is -0.135. The summed E-state index contributed by atoms with van der Waals surface area (Å²) in [6, 6.07) is 6.86. The molecule has 1 aromatic carbocycles. The van der Waals surface area contributed by atoms with Crippen LogP contribution in [0.15, 0.2) is 36.7 Å². The lowest BCUT2D eigenvalue weighted by atomic mass is 9.65. The number of benzene rings is 1. The Morgan fingerprint density at radius 2 is 2.00 bits per heavy atom. The van der Waals surface area contributed by atoms with Crippen molar-refractivity contribution >= 4 is 23.5 Å². The van der Waals surface area contributed by atoms with Crippen molar-refractivity contribution in [2.24, 2.45) is 18.4 Å². The number of carbonyl (C=O) groups excluding carboxylic acids is 3. The number of nitrogens with zero attached hydrogens (tertiary/aromatic N) is 3. The highest BCUT2D eigenvalue weighted by Crippen LogP contribution is 2.45. The summed E-state index contributed by atoms with van der Waals surface area (Å²) in [6.07, 6.45) is 7.68. The molecular weight excluding hydrogens is 418 g/mol. The standard InChI is InChI=1S/C25H33N5O3/c1-5-24(2,3)18-9-11-25(12-10-18)22(32)30(23(33)28-25)16-20(31)27-19-8-6-7-17(15-19)21-26-13-14-29(21)4/h6-8,13-15,18H,5,9-12,16H2,1-4H3,(H,27,31)(H,28,33). The molecule has 4 amide bonds. The second-order valence-electron chi connectivity index (χ2n) is 10.0. The van der Waals surface area contributed by atoms with E-state index >= 15 is 0 Å². The predicted molar refractivity (Wildman–Crippen MR) is 126 cm³/mol. The maximum Gasteiger partial charge on any atom is 0.325 e. The molecule has 2 fully saturated rings. The minimum atomic E-state index is -0.865. The van der Waals surface area contributed by atoms with Gasteiger partial charge in [0.15, 0.2) is 0 Å². The molecule has 0 atom stereocenters. The molecule has 0 bridgehead atoms. The third-order valence-corrected chi connectivity index (χ3v) is 7.63. The monoisotopic (exact) mass is 451 g/mol. The van der Waals surface area contributed by atoms with Gasteiger partial charge in [-0.15, -0.1) is 0 Å². The molecule has 8 nitrogen and oxygen atoms in total. The van der Waals surface area contributed by atoms with Crippen molar-refractivity contribution in [1.82, 2.24) is 19.8 Å². The van der Waals surface area contributed by atoms with E-state index in [1.165, 1.54) is 0 Å². The van der Waals surface area contributed by atoms with Gasteiger partial charge in [-0.1, -0.05) is 39.3 Å². The number of imidazole rings is 1. The molecule has 1 saturated heterocycles. The van der Waals surface area contributed by atoms with E-state index in [9.17, 15) is 14.4 Å². The summed E-state index contributed by atoms with van der Waals surface area (Å²) in [5.74, 6) is 0.621. The first-order chi connectivity index (χ1) is 15.6. The summed E-state index contributed by atoms with van der Waals surface area (Å²) in [6.45, 7) is 6.43. The van der Waals surface area contributed by atoms with Crippen molar-refractivity contribution in [3.05, 3.63) is 36.7 Å². The first-order valence-electron chi connectivity index (χ1n) is 11.7. The Kier molecular flexibility index (Phi) is 6.03. The van der Waals surface area contributed by atoms with Crippen LogP contribution in [0.2, 0.25) is 0 Å². The zero-order valence-electron chi connectivity index (χ0n) is 19.9. The van der Waals surface area contributed by atoms with Crippen LogP contribution < -0.4 is 10.6 Å².